The van der Waals surface area contributed by atoms with Gasteiger partial charge in [-0.15, -0.1) is 0 Å². The van der Waals surface area contributed by atoms with Crippen LogP contribution in [0.25, 0.3) is 16.3 Å². The lowest BCUT2D eigenvalue weighted by Gasteiger charge is -2.15. The number of anilines is 1. The molecule has 9 heteroatoms. The fourth-order valence-corrected chi connectivity index (χ4v) is 3.45. The summed E-state index contributed by atoms with van der Waals surface area (Å²) in [5.41, 5.74) is -1.31. The molecule has 0 saturated carbocycles. The zero-order valence-corrected chi connectivity index (χ0v) is 18.0. The third-order valence-electron chi connectivity index (χ3n) is 5.15. The Hall–Kier alpha value is -2.93. The van der Waals surface area contributed by atoms with E-state index in [0.29, 0.717) is 5.39 Å². The second-order valence-electron chi connectivity index (χ2n) is 7.57. The summed E-state index contributed by atoms with van der Waals surface area (Å²) in [4.78, 5) is 14.6. The van der Waals surface area contributed by atoms with E-state index in [2.05, 4.69) is 4.90 Å². The van der Waals surface area contributed by atoms with Crippen LogP contribution in [0.4, 0.5) is 18.9 Å². The highest BCUT2D eigenvalue weighted by Crippen LogP contribution is 2.38. The van der Waals surface area contributed by atoms with Gasteiger partial charge < -0.3 is 19.5 Å². The van der Waals surface area contributed by atoms with E-state index in [1.54, 1.807) is 12.1 Å². The van der Waals surface area contributed by atoms with Gasteiger partial charge in [-0.25, -0.2) is 0 Å². The van der Waals surface area contributed by atoms with Gasteiger partial charge in [-0.2, -0.15) is 18.4 Å². The summed E-state index contributed by atoms with van der Waals surface area (Å²) in [5.74, 6) is -0.873. The van der Waals surface area contributed by atoms with Crippen LogP contribution in [0.1, 0.15) is 18.4 Å². The number of hydrogen-bond acceptors (Lipinski definition) is 6. The molecule has 0 spiro atoms. The largest absolute Gasteiger partial charge is 0.418 e. The first kappa shape index (κ1) is 24.7. The molecule has 0 radical (unpaired) electrons. The van der Waals surface area contributed by atoms with Crippen molar-refractivity contribution in [2.75, 3.05) is 51.0 Å². The Balaban J connectivity index is 1.75. The van der Waals surface area contributed by atoms with E-state index in [0.717, 1.165) is 24.2 Å². The van der Waals surface area contributed by atoms with Gasteiger partial charge in [0.1, 0.15) is 11.6 Å². The second-order valence-corrected chi connectivity index (χ2v) is 7.57. The standard InChI is InChI=1S/C24H25F3N2O4/c25-24(26,27)23(21(16-28)22(31)2-1-10-32-12-13-33-11-9-30)19-4-3-18-15-20(29-7-8-29)6-5-17(18)14-19/h3-6,14-15,30H,1-2,7-13H2/b23-21-. The van der Waals surface area contributed by atoms with Gasteiger partial charge in [0.2, 0.25) is 0 Å². The van der Waals surface area contributed by atoms with E-state index in [9.17, 15) is 23.2 Å². The third kappa shape index (κ3) is 6.78. The minimum absolute atomic E-state index is 0.101. The molecule has 1 N–H and O–H groups in total. The summed E-state index contributed by atoms with van der Waals surface area (Å²) in [5, 5.41) is 19.4. The Kier molecular flexibility index (Phi) is 8.44. The summed E-state index contributed by atoms with van der Waals surface area (Å²) in [6.45, 7) is 2.64. The minimum Gasteiger partial charge on any atom is -0.394 e. The average Bonchev–Trinajstić information content (AvgIpc) is 3.63. The van der Waals surface area contributed by atoms with Crippen molar-refractivity contribution in [2.45, 2.75) is 19.0 Å². The van der Waals surface area contributed by atoms with E-state index in [4.69, 9.17) is 14.6 Å². The Morgan fingerprint density at radius 3 is 2.33 bits per heavy atom. The number of hydrogen-bond donors (Lipinski definition) is 1. The number of ketones is 1. The number of alkyl halides is 3. The molecule has 1 aliphatic heterocycles. The summed E-state index contributed by atoms with van der Waals surface area (Å²) in [6.07, 6.45) is -4.94. The molecule has 1 heterocycles. The Morgan fingerprint density at radius 2 is 1.70 bits per heavy atom. The van der Waals surface area contributed by atoms with Crippen LogP contribution in [-0.4, -0.2) is 63.2 Å². The molecule has 0 aliphatic carbocycles. The number of benzene rings is 2. The highest BCUT2D eigenvalue weighted by molar-refractivity contribution is 6.07. The second kappa shape index (κ2) is 11.3. The molecule has 1 aliphatic rings. The zero-order chi connectivity index (χ0) is 23.8. The van der Waals surface area contributed by atoms with E-state index in [1.165, 1.54) is 18.2 Å². The van der Waals surface area contributed by atoms with Crippen molar-refractivity contribution in [1.82, 2.24) is 0 Å². The molecule has 0 unspecified atom stereocenters. The number of fused-ring (bicyclic) bond motifs is 1. The number of ether oxygens (including phenoxy) is 2. The molecule has 0 amide bonds. The van der Waals surface area contributed by atoms with E-state index in [1.807, 2.05) is 12.1 Å². The van der Waals surface area contributed by atoms with Crippen molar-refractivity contribution in [2.24, 2.45) is 0 Å². The maximum absolute atomic E-state index is 13.9. The zero-order valence-electron chi connectivity index (χ0n) is 18.0. The number of nitrogens with zero attached hydrogens (tertiary/aromatic N) is 2. The van der Waals surface area contributed by atoms with Gasteiger partial charge in [0, 0.05) is 31.8 Å². The van der Waals surface area contributed by atoms with Crippen LogP contribution in [0.5, 0.6) is 0 Å². The van der Waals surface area contributed by atoms with Crippen LogP contribution >= 0.6 is 0 Å². The first-order chi connectivity index (χ1) is 15.8. The van der Waals surface area contributed by atoms with Crippen LogP contribution < -0.4 is 4.90 Å². The van der Waals surface area contributed by atoms with Gasteiger partial charge in [-0.05, 0) is 41.0 Å². The molecule has 0 aromatic heterocycles. The molecule has 33 heavy (non-hydrogen) atoms. The van der Waals surface area contributed by atoms with Gasteiger partial charge in [-0.3, -0.25) is 4.79 Å². The Morgan fingerprint density at radius 1 is 1.03 bits per heavy atom. The molecule has 0 atom stereocenters. The van der Waals surface area contributed by atoms with E-state index < -0.39 is 23.1 Å². The monoisotopic (exact) mass is 462 g/mol. The first-order valence-electron chi connectivity index (χ1n) is 10.7. The molecule has 3 rings (SSSR count). The molecule has 1 fully saturated rings. The van der Waals surface area contributed by atoms with Crippen molar-refractivity contribution in [3.8, 4) is 6.07 Å². The molecule has 176 valence electrons. The summed E-state index contributed by atoms with van der Waals surface area (Å²) < 4.78 is 52.1. The number of aliphatic hydroxyl groups is 1. The van der Waals surface area contributed by atoms with Gasteiger partial charge in [-0.1, -0.05) is 18.2 Å². The molecular formula is C24H25F3N2O4. The number of Topliss-reactive ketones (excluding diaryl/α,β-unsaturated/α-hetero) is 1. The predicted octanol–water partition coefficient (Wildman–Crippen LogP) is 3.87. The van der Waals surface area contributed by atoms with Crippen molar-refractivity contribution in [3.63, 3.8) is 0 Å². The van der Waals surface area contributed by atoms with Gasteiger partial charge in [0.15, 0.2) is 5.78 Å². The van der Waals surface area contributed by atoms with Crippen molar-refractivity contribution >= 4 is 27.8 Å². The average molecular weight is 462 g/mol. The summed E-state index contributed by atoms with van der Waals surface area (Å²) >= 11 is 0. The van der Waals surface area contributed by atoms with Gasteiger partial charge in [0.05, 0.1) is 32.0 Å². The molecule has 0 bridgehead atoms. The van der Waals surface area contributed by atoms with Crippen molar-refractivity contribution in [1.29, 1.82) is 5.26 Å². The minimum atomic E-state index is -4.87. The van der Waals surface area contributed by atoms with Crippen LogP contribution in [0, 0.1) is 11.3 Å². The predicted molar refractivity (Wildman–Crippen MR) is 118 cm³/mol. The van der Waals surface area contributed by atoms with Crippen LogP contribution in [-0.2, 0) is 14.3 Å². The normalized spacial score (nSPS) is 14.2. The van der Waals surface area contributed by atoms with Gasteiger partial charge in [0.25, 0.3) is 0 Å². The van der Waals surface area contributed by atoms with E-state index in [-0.39, 0.29) is 51.4 Å². The Bertz CT molecular complexity index is 1060. The Labute approximate surface area is 189 Å². The van der Waals surface area contributed by atoms with Crippen LogP contribution in [0.3, 0.4) is 0 Å². The fourth-order valence-electron chi connectivity index (χ4n) is 3.45. The fraction of sp³-hybridized carbons (Fsp3) is 0.417. The number of halogens is 3. The summed E-state index contributed by atoms with van der Waals surface area (Å²) in [7, 11) is 0. The lowest BCUT2D eigenvalue weighted by atomic mass is 9.94. The number of rotatable bonds is 12. The number of allylic oxidation sites excluding steroid dienone is 2. The van der Waals surface area contributed by atoms with E-state index >= 15 is 0 Å². The molecular weight excluding hydrogens is 437 g/mol. The van der Waals surface area contributed by atoms with Gasteiger partial charge >= 0.3 is 6.18 Å². The smallest absolute Gasteiger partial charge is 0.394 e. The SMILES string of the molecule is N#C/C(C(=O)CCCOCCOCCO)=C(\c1ccc2cc(N3CC3)ccc2c1)C(F)(F)F. The number of carbonyl (C=O) groups excluding carboxylic acids is 1. The first-order valence-corrected chi connectivity index (χ1v) is 10.7. The third-order valence-corrected chi connectivity index (χ3v) is 5.15. The van der Waals surface area contributed by atoms with Crippen LogP contribution in [0.2, 0.25) is 0 Å². The number of carbonyl (C=O) groups is 1. The summed E-state index contributed by atoms with van der Waals surface area (Å²) in [6, 6.07) is 11.2. The molecule has 2 aromatic carbocycles. The lowest BCUT2D eigenvalue weighted by molar-refractivity contribution is -0.116. The molecule has 6 nitrogen and oxygen atoms in total. The van der Waals surface area contributed by atoms with Crippen molar-refractivity contribution in [3.05, 3.63) is 47.5 Å². The number of aliphatic hydroxyl groups excluding tert-OH is 1. The lowest BCUT2D eigenvalue weighted by Crippen LogP contribution is -2.17. The quantitative estimate of drug-likeness (QED) is 0.223. The maximum Gasteiger partial charge on any atom is 0.418 e. The molecule has 1 saturated heterocycles. The topological polar surface area (TPSA) is 82.6 Å². The maximum atomic E-state index is 13.9. The highest BCUT2D eigenvalue weighted by atomic mass is 19.4. The highest BCUT2D eigenvalue weighted by Gasteiger charge is 2.39. The molecule has 2 aromatic rings. The van der Waals surface area contributed by atoms with Crippen molar-refractivity contribution < 1.29 is 32.5 Å². The number of nitriles is 1. The van der Waals surface area contributed by atoms with Crippen LogP contribution in [0.15, 0.2) is 42.0 Å².